The number of hydrogen-bond donors (Lipinski definition) is 0. The normalized spacial score (nSPS) is 12.4. The summed E-state index contributed by atoms with van der Waals surface area (Å²) in [5, 5.41) is 2.85. The third-order valence-electron chi connectivity index (χ3n) is 1.18. The fourth-order valence-corrected chi connectivity index (χ4v) is 2.13. The lowest BCUT2D eigenvalue weighted by atomic mass is 10.5. The van der Waals surface area contributed by atoms with Gasteiger partial charge in [0.25, 0.3) is 0 Å². The molecule has 12 heavy (non-hydrogen) atoms. The molecule has 0 aliphatic heterocycles. The Kier molecular flexibility index (Phi) is 5.10. The van der Waals surface area contributed by atoms with Crippen LogP contribution in [0.25, 0.3) is 0 Å². The van der Waals surface area contributed by atoms with Crippen molar-refractivity contribution in [3.63, 3.8) is 0 Å². The van der Waals surface area contributed by atoms with Crippen molar-refractivity contribution in [3.8, 4) is 0 Å². The summed E-state index contributed by atoms with van der Waals surface area (Å²) < 4.78 is 0.449. The van der Waals surface area contributed by atoms with Gasteiger partial charge in [-0.3, -0.25) is 0 Å². The number of aromatic nitrogens is 1. The molecule has 1 nitrogen and oxygen atoms in total. The van der Waals surface area contributed by atoms with Gasteiger partial charge in [-0.1, -0.05) is 40.9 Å². The largest absolute Gasteiger partial charge is 0.250 e. The predicted octanol–water partition coefficient (Wildman–Crippen LogP) is 2.98. The highest BCUT2D eigenvalue weighted by Gasteiger charge is 2.00. The predicted molar refractivity (Wildman–Crippen MR) is 66.4 cm³/mol. The topological polar surface area (TPSA) is 12.9 Å². The van der Waals surface area contributed by atoms with E-state index in [1.807, 2.05) is 24.4 Å². The summed E-state index contributed by atoms with van der Waals surface area (Å²) in [6.45, 7) is 0. The van der Waals surface area contributed by atoms with Gasteiger partial charge in [-0.15, -0.1) is 11.8 Å². The van der Waals surface area contributed by atoms with Crippen molar-refractivity contribution in [2.45, 2.75) is 8.95 Å². The van der Waals surface area contributed by atoms with Crippen molar-refractivity contribution in [1.82, 2.24) is 4.98 Å². The van der Waals surface area contributed by atoms with Crippen LogP contribution in [0.4, 0.5) is 0 Å². The fraction of sp³-hybridized carbons (Fsp3) is 0.250. The van der Waals surface area contributed by atoms with Crippen LogP contribution in [0, 0.1) is 0 Å². The van der Waals surface area contributed by atoms with E-state index in [1.165, 1.54) is 0 Å². The number of halogens is 1. The van der Waals surface area contributed by atoms with E-state index in [0.29, 0.717) is 3.92 Å². The van der Waals surface area contributed by atoms with E-state index in [-0.39, 0.29) is 0 Å². The first-order valence-electron chi connectivity index (χ1n) is 3.46. The van der Waals surface area contributed by atoms with Crippen LogP contribution < -0.4 is 0 Å². The fourth-order valence-electron chi connectivity index (χ4n) is 0.637. The molecule has 0 amide bonds. The highest BCUT2D eigenvalue weighted by atomic mass is 127. The summed E-state index contributed by atoms with van der Waals surface area (Å²) in [7, 11) is 0. The van der Waals surface area contributed by atoms with Gasteiger partial charge < -0.3 is 0 Å². The number of hydrogen-bond acceptors (Lipinski definition) is 3. The van der Waals surface area contributed by atoms with Crippen molar-refractivity contribution in [1.29, 1.82) is 0 Å². The molecule has 0 aliphatic carbocycles. The zero-order valence-electron chi connectivity index (χ0n) is 6.31. The smallest absolute Gasteiger partial charge is 0.0960 e. The molecule has 0 aromatic carbocycles. The molecule has 1 aromatic heterocycles. The molecule has 1 rings (SSSR count). The van der Waals surface area contributed by atoms with Crippen LogP contribution in [0.15, 0.2) is 29.4 Å². The van der Waals surface area contributed by atoms with Gasteiger partial charge in [-0.05, 0) is 17.5 Å². The highest BCUT2D eigenvalue weighted by molar-refractivity contribution is 14.1. The van der Waals surface area contributed by atoms with Crippen LogP contribution in [0.1, 0.15) is 0 Å². The van der Waals surface area contributed by atoms with Crippen LogP contribution >= 0.6 is 46.6 Å². The molecule has 64 valence electrons. The van der Waals surface area contributed by atoms with E-state index in [1.54, 1.807) is 17.1 Å². The first-order valence-corrected chi connectivity index (χ1v) is 6.16. The molecular formula is C8H8INS2. The molecule has 0 saturated heterocycles. The van der Waals surface area contributed by atoms with Gasteiger partial charge in [-0.2, -0.15) is 0 Å². The van der Waals surface area contributed by atoms with Crippen LogP contribution in [0.2, 0.25) is 0 Å². The second kappa shape index (κ2) is 5.88. The second-order valence-electron chi connectivity index (χ2n) is 2.13. The molecule has 0 fully saturated rings. The SMILES string of the molecule is S=CC(I)CSc1ccccn1. The van der Waals surface area contributed by atoms with E-state index in [0.717, 1.165) is 10.8 Å². The summed E-state index contributed by atoms with van der Waals surface area (Å²) in [4.78, 5) is 4.20. The minimum Gasteiger partial charge on any atom is -0.250 e. The van der Waals surface area contributed by atoms with Gasteiger partial charge >= 0.3 is 0 Å². The third kappa shape index (κ3) is 3.82. The van der Waals surface area contributed by atoms with Crippen molar-refractivity contribution >= 4 is 51.9 Å². The number of alkyl halides is 1. The molecule has 1 unspecified atom stereocenters. The number of nitrogens with zero attached hydrogens (tertiary/aromatic N) is 1. The lowest BCUT2D eigenvalue weighted by Crippen LogP contribution is -2.00. The first-order chi connectivity index (χ1) is 5.83. The van der Waals surface area contributed by atoms with Gasteiger partial charge in [0, 0.05) is 15.9 Å². The van der Waals surface area contributed by atoms with Crippen molar-refractivity contribution < 1.29 is 0 Å². The Morgan fingerprint density at radius 2 is 2.50 bits per heavy atom. The zero-order valence-corrected chi connectivity index (χ0v) is 10.1. The van der Waals surface area contributed by atoms with Crippen LogP contribution in [-0.4, -0.2) is 20.0 Å². The van der Waals surface area contributed by atoms with E-state index in [9.17, 15) is 0 Å². The molecular weight excluding hydrogens is 301 g/mol. The molecule has 1 heterocycles. The Balaban J connectivity index is 2.38. The summed E-state index contributed by atoms with van der Waals surface area (Å²) in [5.74, 6) is 1.00. The van der Waals surface area contributed by atoms with Gasteiger partial charge in [0.1, 0.15) is 0 Å². The Bertz CT molecular complexity index is 240. The van der Waals surface area contributed by atoms with Crippen LogP contribution in [0.5, 0.6) is 0 Å². The summed E-state index contributed by atoms with van der Waals surface area (Å²) in [6, 6.07) is 5.93. The zero-order chi connectivity index (χ0) is 8.81. The highest BCUT2D eigenvalue weighted by Crippen LogP contribution is 2.17. The molecule has 0 spiro atoms. The van der Waals surface area contributed by atoms with Gasteiger partial charge in [0.2, 0.25) is 0 Å². The Labute approximate surface area is 95.5 Å². The van der Waals surface area contributed by atoms with Gasteiger partial charge in [0.15, 0.2) is 0 Å². The van der Waals surface area contributed by atoms with Crippen LogP contribution in [0.3, 0.4) is 0 Å². The molecule has 1 aromatic rings. The van der Waals surface area contributed by atoms with E-state index < -0.39 is 0 Å². The average molecular weight is 309 g/mol. The van der Waals surface area contributed by atoms with Crippen LogP contribution in [-0.2, 0) is 0 Å². The monoisotopic (exact) mass is 309 g/mol. The Morgan fingerprint density at radius 1 is 1.67 bits per heavy atom. The van der Waals surface area contributed by atoms with Gasteiger partial charge in [-0.25, -0.2) is 4.98 Å². The minimum atomic E-state index is 0.449. The number of pyridine rings is 1. The number of rotatable bonds is 4. The average Bonchev–Trinajstić information content (AvgIpc) is 2.16. The molecule has 4 heteroatoms. The number of thioether (sulfide) groups is 1. The Hall–Kier alpha value is 0.320. The number of thiocarbonyl (C=S) groups is 1. The lowest BCUT2D eigenvalue weighted by Gasteiger charge is -2.01. The summed E-state index contributed by atoms with van der Waals surface area (Å²) in [6.07, 6.45) is 1.81. The van der Waals surface area contributed by atoms with E-state index in [2.05, 4.69) is 27.6 Å². The molecule has 1 atom stereocenters. The van der Waals surface area contributed by atoms with Crippen molar-refractivity contribution in [2.75, 3.05) is 5.75 Å². The molecule has 0 N–H and O–H groups in total. The molecule has 0 bridgehead atoms. The summed E-state index contributed by atoms with van der Waals surface area (Å²) in [5.41, 5.74) is 0. The van der Waals surface area contributed by atoms with E-state index >= 15 is 0 Å². The van der Waals surface area contributed by atoms with Gasteiger partial charge in [0.05, 0.1) is 5.03 Å². The quantitative estimate of drug-likeness (QED) is 0.367. The maximum absolute atomic E-state index is 4.82. The first kappa shape index (κ1) is 10.4. The standard InChI is InChI=1S/C8H8INS2/c9-7(5-11)6-12-8-3-1-2-4-10-8/h1-5,7H,6H2. The summed E-state index contributed by atoms with van der Waals surface area (Å²) >= 11 is 8.88. The van der Waals surface area contributed by atoms with Crippen molar-refractivity contribution in [2.24, 2.45) is 0 Å². The lowest BCUT2D eigenvalue weighted by molar-refractivity contribution is 1.13. The third-order valence-corrected chi connectivity index (χ3v) is 4.45. The molecule has 0 saturated carbocycles. The molecule has 0 radical (unpaired) electrons. The maximum Gasteiger partial charge on any atom is 0.0960 e. The minimum absolute atomic E-state index is 0.449. The maximum atomic E-state index is 4.82. The Morgan fingerprint density at radius 3 is 3.08 bits per heavy atom. The van der Waals surface area contributed by atoms with E-state index in [4.69, 9.17) is 12.2 Å². The second-order valence-corrected chi connectivity index (χ2v) is 5.04. The van der Waals surface area contributed by atoms with Crippen molar-refractivity contribution in [3.05, 3.63) is 24.4 Å². The molecule has 0 aliphatic rings.